The fourth-order valence-electron chi connectivity index (χ4n) is 1.29. The van der Waals surface area contributed by atoms with Crippen LogP contribution in [0.4, 0.5) is 5.69 Å². The molecule has 98 valence electrons. The molecule has 0 aliphatic carbocycles. The van der Waals surface area contributed by atoms with E-state index in [1.165, 1.54) is 0 Å². The molecule has 0 atom stereocenters. The van der Waals surface area contributed by atoms with Crippen molar-refractivity contribution < 1.29 is 8.42 Å². The first-order valence-corrected chi connectivity index (χ1v) is 7.61. The molecule has 6 heteroatoms. The number of hydrogen-bond donors (Lipinski definition) is 1. The van der Waals surface area contributed by atoms with E-state index in [1.54, 1.807) is 32.0 Å². The highest BCUT2D eigenvalue weighted by Crippen LogP contribution is 2.22. The number of nitrogens with zero attached hydrogens (tertiary/aromatic N) is 1. The van der Waals surface area contributed by atoms with Crippen molar-refractivity contribution in [3.8, 4) is 6.07 Å². The number of nitriles is 1. The van der Waals surface area contributed by atoms with Crippen molar-refractivity contribution in [3.05, 3.63) is 28.8 Å². The predicted octanol–water partition coefficient (Wildman–Crippen LogP) is 2.45. The number of hydrogen-bond acceptors (Lipinski definition) is 4. The first-order valence-electron chi connectivity index (χ1n) is 5.52. The average Bonchev–Trinajstić information content (AvgIpc) is 2.31. The van der Waals surface area contributed by atoms with Gasteiger partial charge in [-0.15, -0.1) is 0 Å². The van der Waals surface area contributed by atoms with Crippen LogP contribution in [-0.4, -0.2) is 26.0 Å². The molecular formula is C12H15ClN2O2S. The van der Waals surface area contributed by atoms with Gasteiger partial charge in [0.2, 0.25) is 0 Å². The Morgan fingerprint density at radius 3 is 2.67 bits per heavy atom. The Morgan fingerprint density at radius 1 is 1.44 bits per heavy atom. The molecule has 0 bridgehead atoms. The van der Waals surface area contributed by atoms with E-state index < -0.39 is 9.84 Å². The quantitative estimate of drug-likeness (QED) is 0.902. The molecule has 0 radical (unpaired) electrons. The van der Waals surface area contributed by atoms with Crippen molar-refractivity contribution in [3.63, 3.8) is 0 Å². The Labute approximate surface area is 112 Å². The third-order valence-electron chi connectivity index (χ3n) is 2.52. The van der Waals surface area contributed by atoms with Gasteiger partial charge in [-0.3, -0.25) is 0 Å². The fourth-order valence-corrected chi connectivity index (χ4v) is 2.34. The van der Waals surface area contributed by atoms with Crippen LogP contribution < -0.4 is 5.32 Å². The number of sulfone groups is 1. The van der Waals surface area contributed by atoms with Crippen LogP contribution in [0.1, 0.15) is 19.4 Å². The second-order valence-electron chi connectivity index (χ2n) is 4.15. The van der Waals surface area contributed by atoms with E-state index >= 15 is 0 Å². The fraction of sp³-hybridized carbons (Fsp3) is 0.417. The van der Waals surface area contributed by atoms with Gasteiger partial charge in [-0.05, 0) is 32.0 Å². The van der Waals surface area contributed by atoms with Gasteiger partial charge in [-0.1, -0.05) is 11.6 Å². The van der Waals surface area contributed by atoms with Crippen molar-refractivity contribution >= 4 is 27.1 Å². The molecule has 0 fully saturated rings. The lowest BCUT2D eigenvalue weighted by molar-refractivity contribution is 0.588. The van der Waals surface area contributed by atoms with Gasteiger partial charge in [0.25, 0.3) is 0 Å². The van der Waals surface area contributed by atoms with Crippen molar-refractivity contribution in [2.75, 3.05) is 17.6 Å². The molecule has 1 aromatic rings. The van der Waals surface area contributed by atoms with E-state index in [-0.39, 0.29) is 17.5 Å². The molecule has 0 aliphatic rings. The molecule has 1 rings (SSSR count). The zero-order valence-electron chi connectivity index (χ0n) is 10.3. The molecule has 0 saturated heterocycles. The number of nitrogens with one attached hydrogen (secondary N) is 1. The first-order chi connectivity index (χ1) is 8.36. The van der Waals surface area contributed by atoms with Crippen LogP contribution in [0.25, 0.3) is 0 Å². The maximum absolute atomic E-state index is 11.6. The van der Waals surface area contributed by atoms with Crippen molar-refractivity contribution in [2.24, 2.45) is 0 Å². The molecular weight excluding hydrogens is 272 g/mol. The number of anilines is 1. The average molecular weight is 287 g/mol. The highest BCUT2D eigenvalue weighted by molar-refractivity contribution is 7.92. The minimum absolute atomic E-state index is 0.0395. The molecule has 0 unspecified atom stereocenters. The molecule has 18 heavy (non-hydrogen) atoms. The van der Waals surface area contributed by atoms with E-state index in [2.05, 4.69) is 5.32 Å². The summed E-state index contributed by atoms with van der Waals surface area (Å²) in [7, 11) is -3.07. The third-order valence-corrected chi connectivity index (χ3v) is 5.05. The number of rotatable bonds is 5. The third kappa shape index (κ3) is 3.90. The highest BCUT2D eigenvalue weighted by atomic mass is 35.5. The molecule has 0 amide bonds. The van der Waals surface area contributed by atoms with Gasteiger partial charge in [0.1, 0.15) is 0 Å². The molecule has 4 nitrogen and oxygen atoms in total. The molecule has 0 spiro atoms. The van der Waals surface area contributed by atoms with Crippen LogP contribution in [0.3, 0.4) is 0 Å². The van der Waals surface area contributed by atoms with E-state index in [0.29, 0.717) is 16.3 Å². The van der Waals surface area contributed by atoms with Gasteiger partial charge in [0.05, 0.1) is 33.3 Å². The normalized spacial score (nSPS) is 11.3. The number of benzene rings is 1. The molecule has 1 N–H and O–H groups in total. The molecule has 0 aromatic heterocycles. The molecule has 1 aromatic carbocycles. The summed E-state index contributed by atoms with van der Waals surface area (Å²) in [6.07, 6.45) is 0. The molecule has 0 aliphatic heterocycles. The maximum atomic E-state index is 11.6. The standard InChI is InChI=1S/C12H15ClN2O2S/c1-9(2)18(16,17)6-5-15-12-7-10(8-14)3-4-11(12)13/h3-4,7,9,15H,5-6H2,1-2H3. The highest BCUT2D eigenvalue weighted by Gasteiger charge is 2.15. The Balaban J connectivity index is 2.68. The summed E-state index contributed by atoms with van der Waals surface area (Å²) in [6.45, 7) is 3.58. The Morgan fingerprint density at radius 2 is 2.11 bits per heavy atom. The van der Waals surface area contributed by atoms with Gasteiger partial charge in [0.15, 0.2) is 9.84 Å². The van der Waals surface area contributed by atoms with E-state index in [0.717, 1.165) is 0 Å². The lowest BCUT2D eigenvalue weighted by Crippen LogP contribution is -2.23. The van der Waals surface area contributed by atoms with Crippen LogP contribution >= 0.6 is 11.6 Å². The minimum atomic E-state index is -3.07. The molecule has 0 saturated carbocycles. The Hall–Kier alpha value is -1.25. The number of halogens is 1. The topological polar surface area (TPSA) is 70.0 Å². The minimum Gasteiger partial charge on any atom is -0.383 e. The predicted molar refractivity (Wildman–Crippen MR) is 73.6 cm³/mol. The summed E-state index contributed by atoms with van der Waals surface area (Å²) in [5.41, 5.74) is 1.06. The second kappa shape index (κ2) is 6.07. The van der Waals surface area contributed by atoms with Gasteiger partial charge in [-0.25, -0.2) is 8.42 Å². The summed E-state index contributed by atoms with van der Waals surface area (Å²) in [5.74, 6) is 0.0395. The van der Waals surface area contributed by atoms with E-state index in [9.17, 15) is 8.42 Å². The Bertz CT molecular complexity index is 562. The van der Waals surface area contributed by atoms with Gasteiger partial charge in [-0.2, -0.15) is 5.26 Å². The van der Waals surface area contributed by atoms with Crippen LogP contribution in [0.2, 0.25) is 5.02 Å². The van der Waals surface area contributed by atoms with Crippen LogP contribution in [-0.2, 0) is 9.84 Å². The summed E-state index contributed by atoms with van der Waals surface area (Å²) < 4.78 is 23.2. The second-order valence-corrected chi connectivity index (χ2v) is 7.23. The van der Waals surface area contributed by atoms with E-state index in [4.69, 9.17) is 16.9 Å². The van der Waals surface area contributed by atoms with Crippen LogP contribution in [0.5, 0.6) is 0 Å². The first kappa shape index (κ1) is 14.8. The van der Waals surface area contributed by atoms with Gasteiger partial charge >= 0.3 is 0 Å². The van der Waals surface area contributed by atoms with Crippen molar-refractivity contribution in [1.29, 1.82) is 5.26 Å². The summed E-state index contributed by atoms with van der Waals surface area (Å²) in [5, 5.41) is 11.8. The van der Waals surface area contributed by atoms with Crippen LogP contribution in [0.15, 0.2) is 18.2 Å². The van der Waals surface area contributed by atoms with Crippen LogP contribution in [0, 0.1) is 11.3 Å². The summed E-state index contributed by atoms with van der Waals surface area (Å²) >= 11 is 5.94. The SMILES string of the molecule is CC(C)S(=O)(=O)CCNc1cc(C#N)ccc1Cl. The lowest BCUT2D eigenvalue weighted by Gasteiger charge is -2.10. The monoisotopic (exact) mass is 286 g/mol. The zero-order valence-corrected chi connectivity index (χ0v) is 11.8. The summed E-state index contributed by atoms with van der Waals surface area (Å²) in [4.78, 5) is 0. The summed E-state index contributed by atoms with van der Waals surface area (Å²) in [6, 6.07) is 6.82. The van der Waals surface area contributed by atoms with Crippen molar-refractivity contribution in [1.82, 2.24) is 0 Å². The van der Waals surface area contributed by atoms with Gasteiger partial charge in [0, 0.05) is 6.54 Å². The molecule has 0 heterocycles. The maximum Gasteiger partial charge on any atom is 0.154 e. The zero-order chi connectivity index (χ0) is 13.8. The van der Waals surface area contributed by atoms with Crippen molar-refractivity contribution in [2.45, 2.75) is 19.1 Å². The van der Waals surface area contributed by atoms with Gasteiger partial charge < -0.3 is 5.32 Å². The Kier molecular flexibility index (Phi) is 5.00. The lowest BCUT2D eigenvalue weighted by atomic mass is 10.2. The largest absolute Gasteiger partial charge is 0.383 e. The van der Waals surface area contributed by atoms with E-state index in [1.807, 2.05) is 6.07 Å². The smallest absolute Gasteiger partial charge is 0.154 e.